The first-order chi connectivity index (χ1) is 13.6. The van der Waals surface area contributed by atoms with E-state index >= 15 is 0 Å². The zero-order valence-electron chi connectivity index (χ0n) is 15.5. The lowest BCUT2D eigenvalue weighted by Crippen LogP contribution is -2.59. The molecule has 3 heterocycles. The molecule has 1 aromatic rings. The quantitative estimate of drug-likeness (QED) is 0.542. The molecule has 1 amide bonds. The summed E-state index contributed by atoms with van der Waals surface area (Å²) in [6.07, 6.45) is 4.20. The van der Waals surface area contributed by atoms with Crippen molar-refractivity contribution in [2.45, 2.75) is 43.2 Å². The van der Waals surface area contributed by atoms with Gasteiger partial charge in [-0.25, -0.2) is 13.1 Å². The van der Waals surface area contributed by atoms with Crippen molar-refractivity contribution >= 4 is 53.9 Å². The summed E-state index contributed by atoms with van der Waals surface area (Å²) in [5.41, 5.74) is 0.248. The molecule has 10 nitrogen and oxygen atoms in total. The first-order valence-corrected chi connectivity index (χ1v) is 13.3. The van der Waals surface area contributed by atoms with Crippen LogP contribution in [0.25, 0.3) is 0 Å². The van der Waals surface area contributed by atoms with Crippen LogP contribution in [0.1, 0.15) is 31.2 Å². The number of carbonyl (C=O) groups excluding carboxylic acids is 2. The first-order valence-electron chi connectivity index (χ1n) is 9.08. The standard InChI is InChI=1S/C16H20N4O6S3/c1-28(23,24)17-6-8-7-27-16-13(8)29(25,26)20-14(19-16)11-12(21)9-4-2-3-5-10(9)18-15(11)22/h7,9-11,17H,2-6H2,1H3,(H,18,22)(H,19,20). The molecule has 1 saturated carbocycles. The van der Waals surface area contributed by atoms with Gasteiger partial charge in [-0.15, -0.1) is 15.7 Å². The van der Waals surface area contributed by atoms with Gasteiger partial charge in [0.2, 0.25) is 15.9 Å². The molecule has 0 radical (unpaired) electrons. The van der Waals surface area contributed by atoms with Crippen LogP contribution in [0.2, 0.25) is 0 Å². The molecule has 0 bridgehead atoms. The molecule has 3 N–H and O–H groups in total. The van der Waals surface area contributed by atoms with E-state index < -0.39 is 31.9 Å². The minimum atomic E-state index is -4.20. The van der Waals surface area contributed by atoms with Crippen molar-refractivity contribution in [3.63, 3.8) is 0 Å². The van der Waals surface area contributed by atoms with Gasteiger partial charge in [0.1, 0.15) is 15.7 Å². The predicted molar refractivity (Wildman–Crippen MR) is 107 cm³/mol. The van der Waals surface area contributed by atoms with Crippen molar-refractivity contribution < 1.29 is 26.4 Å². The molecule has 29 heavy (non-hydrogen) atoms. The SMILES string of the molecule is CS(=O)(=O)NCc1csc2c1S(=O)(=O)N=C(C1C(=O)NC3CCCCC3C1=O)N2. The normalized spacial score (nSPS) is 28.6. The fourth-order valence-electron chi connectivity index (χ4n) is 4.03. The van der Waals surface area contributed by atoms with Gasteiger partial charge in [-0.05, 0) is 18.2 Å². The van der Waals surface area contributed by atoms with E-state index in [1.54, 1.807) is 0 Å². The van der Waals surface area contributed by atoms with Gasteiger partial charge >= 0.3 is 0 Å². The molecule has 158 valence electrons. The van der Waals surface area contributed by atoms with Crippen molar-refractivity contribution in [3.05, 3.63) is 10.9 Å². The van der Waals surface area contributed by atoms with Crippen LogP contribution >= 0.6 is 11.3 Å². The van der Waals surface area contributed by atoms with E-state index in [1.807, 2.05) is 0 Å². The van der Waals surface area contributed by atoms with Crippen LogP contribution in [0, 0.1) is 11.8 Å². The molecule has 1 aliphatic carbocycles. The number of Topliss-reactive ketones (excluding diaryl/α,β-unsaturated/α-hetero) is 1. The first kappa shape index (κ1) is 20.4. The molecule has 1 saturated heterocycles. The monoisotopic (exact) mass is 460 g/mol. The molecule has 2 aliphatic heterocycles. The highest BCUT2D eigenvalue weighted by Crippen LogP contribution is 2.39. The molecule has 3 aliphatic rings. The molecule has 1 aromatic heterocycles. The smallest absolute Gasteiger partial charge is 0.287 e. The number of sulfonamides is 2. The number of thiophene rings is 1. The highest BCUT2D eigenvalue weighted by atomic mass is 32.2. The van der Waals surface area contributed by atoms with Gasteiger partial charge < -0.3 is 10.6 Å². The van der Waals surface area contributed by atoms with Crippen molar-refractivity contribution in [2.24, 2.45) is 16.2 Å². The van der Waals surface area contributed by atoms with Gasteiger partial charge in [0.15, 0.2) is 11.7 Å². The second-order valence-corrected chi connectivity index (χ2v) is 11.7. The topological polar surface area (TPSA) is 151 Å². The maximum absolute atomic E-state index is 13.0. The van der Waals surface area contributed by atoms with Crippen molar-refractivity contribution in [2.75, 3.05) is 11.6 Å². The van der Waals surface area contributed by atoms with E-state index in [0.29, 0.717) is 6.42 Å². The van der Waals surface area contributed by atoms with Crippen molar-refractivity contribution in [3.8, 4) is 0 Å². The largest absolute Gasteiger partial charge is 0.352 e. The number of hydrogen-bond acceptors (Lipinski definition) is 8. The number of nitrogens with zero attached hydrogens (tertiary/aromatic N) is 1. The third-order valence-electron chi connectivity index (χ3n) is 5.34. The maximum Gasteiger partial charge on any atom is 0.287 e. The summed E-state index contributed by atoms with van der Waals surface area (Å²) in [5, 5.41) is 7.39. The van der Waals surface area contributed by atoms with Crippen molar-refractivity contribution in [1.82, 2.24) is 10.0 Å². The molecule has 3 unspecified atom stereocenters. The number of ketones is 1. The third kappa shape index (κ3) is 3.83. The summed E-state index contributed by atoms with van der Waals surface area (Å²) >= 11 is 1.05. The molecule has 4 rings (SSSR count). The lowest BCUT2D eigenvalue weighted by atomic mass is 9.74. The average molecular weight is 461 g/mol. The number of amidine groups is 1. The summed E-state index contributed by atoms with van der Waals surface area (Å²) in [4.78, 5) is 25.4. The Hall–Kier alpha value is -1.83. The van der Waals surface area contributed by atoms with Crippen LogP contribution in [0.5, 0.6) is 0 Å². The van der Waals surface area contributed by atoms with Gasteiger partial charge in [-0.3, -0.25) is 9.59 Å². The van der Waals surface area contributed by atoms with E-state index in [2.05, 4.69) is 19.8 Å². The number of piperidine rings is 1. The number of rotatable bonds is 4. The second-order valence-electron chi connectivity index (χ2n) is 7.43. The lowest BCUT2D eigenvalue weighted by molar-refractivity contribution is -0.139. The average Bonchev–Trinajstić information content (AvgIpc) is 3.03. The number of anilines is 1. The van der Waals surface area contributed by atoms with Crippen LogP contribution in [-0.4, -0.2) is 46.7 Å². The Labute approximate surface area is 172 Å². The van der Waals surface area contributed by atoms with Crippen LogP contribution in [0.15, 0.2) is 14.7 Å². The Morgan fingerprint density at radius 2 is 2.00 bits per heavy atom. The number of fused-ring (bicyclic) bond motifs is 2. The zero-order valence-corrected chi connectivity index (χ0v) is 17.9. The van der Waals surface area contributed by atoms with Gasteiger partial charge in [0.05, 0.1) is 6.26 Å². The number of amides is 1. The molecule has 0 aromatic carbocycles. The second kappa shape index (κ2) is 7.15. The van der Waals surface area contributed by atoms with Crippen LogP contribution < -0.4 is 15.4 Å². The molecule has 0 spiro atoms. The minimum absolute atomic E-state index is 0.137. The Morgan fingerprint density at radius 1 is 1.28 bits per heavy atom. The van der Waals surface area contributed by atoms with E-state index in [-0.39, 0.29) is 45.6 Å². The molecular formula is C16H20N4O6S3. The van der Waals surface area contributed by atoms with Crippen LogP contribution in [0.4, 0.5) is 5.00 Å². The van der Waals surface area contributed by atoms with E-state index in [4.69, 9.17) is 0 Å². The lowest BCUT2D eigenvalue weighted by Gasteiger charge is -2.38. The summed E-state index contributed by atoms with van der Waals surface area (Å²) in [6, 6.07) is -0.202. The summed E-state index contributed by atoms with van der Waals surface area (Å²) in [7, 11) is -7.71. The summed E-state index contributed by atoms with van der Waals surface area (Å²) < 4.78 is 54.2. The highest BCUT2D eigenvalue weighted by Gasteiger charge is 2.48. The van der Waals surface area contributed by atoms with E-state index in [0.717, 1.165) is 36.9 Å². The summed E-state index contributed by atoms with van der Waals surface area (Å²) in [5.74, 6) is -2.68. The maximum atomic E-state index is 13.0. The fraction of sp³-hybridized carbons (Fsp3) is 0.562. The molecular weight excluding hydrogens is 440 g/mol. The number of hydrogen-bond donors (Lipinski definition) is 3. The number of nitrogens with one attached hydrogen (secondary N) is 3. The van der Waals surface area contributed by atoms with E-state index in [9.17, 15) is 26.4 Å². The Kier molecular flexibility index (Phi) is 5.04. The Balaban J connectivity index is 1.65. The van der Waals surface area contributed by atoms with Gasteiger partial charge in [-0.1, -0.05) is 12.8 Å². The molecule has 13 heteroatoms. The number of carbonyl (C=O) groups is 2. The van der Waals surface area contributed by atoms with Gasteiger partial charge in [0, 0.05) is 24.1 Å². The Morgan fingerprint density at radius 3 is 2.72 bits per heavy atom. The van der Waals surface area contributed by atoms with E-state index in [1.165, 1.54) is 5.38 Å². The highest BCUT2D eigenvalue weighted by molar-refractivity contribution is 7.91. The van der Waals surface area contributed by atoms with Crippen molar-refractivity contribution in [1.29, 1.82) is 0 Å². The fourth-order valence-corrected chi connectivity index (χ4v) is 7.10. The Bertz CT molecular complexity index is 1120. The minimum Gasteiger partial charge on any atom is -0.352 e. The zero-order chi connectivity index (χ0) is 21.0. The van der Waals surface area contributed by atoms with Crippen LogP contribution in [0.3, 0.4) is 0 Å². The van der Waals surface area contributed by atoms with Gasteiger partial charge in [0.25, 0.3) is 10.0 Å². The van der Waals surface area contributed by atoms with Crippen LogP contribution in [-0.2, 0) is 36.2 Å². The predicted octanol–water partition coefficient (Wildman–Crippen LogP) is 0.184. The molecule has 2 fully saturated rings. The third-order valence-corrected chi connectivity index (χ3v) is 8.50. The molecule has 3 atom stereocenters. The summed E-state index contributed by atoms with van der Waals surface area (Å²) in [6.45, 7) is -0.205. The van der Waals surface area contributed by atoms with Gasteiger partial charge in [-0.2, -0.15) is 8.42 Å².